The van der Waals surface area contributed by atoms with Crippen molar-refractivity contribution < 1.29 is 4.42 Å². The highest BCUT2D eigenvalue weighted by molar-refractivity contribution is 6.13. The van der Waals surface area contributed by atoms with Crippen LogP contribution >= 0.6 is 0 Å². The summed E-state index contributed by atoms with van der Waals surface area (Å²) in [4.78, 5) is 20.2. The molecule has 6 heteroatoms. The second-order valence-corrected chi connectivity index (χ2v) is 13.0. The van der Waals surface area contributed by atoms with Gasteiger partial charge in [0.05, 0.1) is 16.6 Å². The lowest BCUT2D eigenvalue weighted by Crippen LogP contribution is -2.01. The van der Waals surface area contributed by atoms with Gasteiger partial charge in [-0.3, -0.25) is 4.98 Å². The van der Waals surface area contributed by atoms with E-state index in [2.05, 4.69) is 137 Å². The smallest absolute Gasteiger partial charge is 0.167 e. The third kappa shape index (κ3) is 4.31. The Balaban J connectivity index is 1.14. The number of hydrogen-bond acceptors (Lipinski definition) is 5. The zero-order valence-electron chi connectivity index (χ0n) is 27.7. The van der Waals surface area contributed by atoms with Gasteiger partial charge in [-0.1, -0.05) is 91.0 Å². The maximum atomic E-state index is 6.42. The molecule has 0 atom stereocenters. The molecule has 11 rings (SSSR count). The standard InChI is InChI=1S/C46H27N5O/c1-2-12-31-29(11-1)27-38(33-14-4-3-13-32(31)33)46-49-44(48-45(50-46)37-18-9-17-36-42-41(52-43(36)37)21-10-26-47-42)28-22-24-30(25-23-28)51-39-19-7-5-15-34(39)35-16-6-8-20-40(35)51/h1-27H. The first-order valence-electron chi connectivity index (χ1n) is 17.3. The fourth-order valence-corrected chi connectivity index (χ4v) is 7.74. The Morgan fingerprint density at radius 2 is 1.06 bits per heavy atom. The third-order valence-electron chi connectivity index (χ3n) is 10.1. The van der Waals surface area contributed by atoms with Crippen molar-refractivity contribution in [2.24, 2.45) is 0 Å². The van der Waals surface area contributed by atoms with Crippen molar-refractivity contribution in [3.05, 3.63) is 164 Å². The van der Waals surface area contributed by atoms with E-state index in [-0.39, 0.29) is 0 Å². The van der Waals surface area contributed by atoms with Gasteiger partial charge in [0.25, 0.3) is 0 Å². The molecular weight excluding hydrogens is 639 g/mol. The Hall–Kier alpha value is -7.18. The SMILES string of the molecule is c1ccc2c(c1)cc(-c1nc(-c3ccc(-n4c5ccccc5c5ccccc54)cc3)nc(-c3cccc4c3oc3cccnc34)n1)c1ccccc12. The van der Waals surface area contributed by atoms with Crippen LogP contribution in [0.4, 0.5) is 0 Å². The van der Waals surface area contributed by atoms with Gasteiger partial charge in [0.1, 0.15) is 11.1 Å². The summed E-state index contributed by atoms with van der Waals surface area (Å²) in [6.07, 6.45) is 1.79. The van der Waals surface area contributed by atoms with Crippen molar-refractivity contribution in [3.63, 3.8) is 0 Å². The van der Waals surface area contributed by atoms with Crippen molar-refractivity contribution in [2.45, 2.75) is 0 Å². The molecule has 0 aliphatic rings. The molecule has 0 fully saturated rings. The lowest BCUT2D eigenvalue weighted by atomic mass is 9.97. The van der Waals surface area contributed by atoms with Crippen molar-refractivity contribution in [3.8, 4) is 39.9 Å². The molecule has 6 nitrogen and oxygen atoms in total. The minimum atomic E-state index is 0.536. The number of nitrogens with zero attached hydrogens (tertiary/aromatic N) is 5. The van der Waals surface area contributed by atoms with E-state index in [1.807, 2.05) is 30.3 Å². The maximum Gasteiger partial charge on any atom is 0.167 e. The van der Waals surface area contributed by atoms with Crippen LogP contribution in [0.1, 0.15) is 0 Å². The molecule has 4 aromatic heterocycles. The van der Waals surface area contributed by atoms with E-state index >= 15 is 0 Å². The molecule has 0 amide bonds. The lowest BCUT2D eigenvalue weighted by molar-refractivity contribution is 0.668. The summed E-state index contributed by atoms with van der Waals surface area (Å²) in [7, 11) is 0. The number of para-hydroxylation sites is 3. The Kier molecular flexibility index (Phi) is 6.15. The first kappa shape index (κ1) is 28.6. The second kappa shape index (κ2) is 11.2. The van der Waals surface area contributed by atoms with Gasteiger partial charge in [-0.15, -0.1) is 0 Å². The van der Waals surface area contributed by atoms with Crippen LogP contribution < -0.4 is 0 Å². The molecular formula is C46H27N5O. The highest BCUT2D eigenvalue weighted by Gasteiger charge is 2.20. The van der Waals surface area contributed by atoms with E-state index < -0.39 is 0 Å². The summed E-state index contributed by atoms with van der Waals surface area (Å²) in [5, 5.41) is 7.93. The summed E-state index contributed by atoms with van der Waals surface area (Å²) in [6, 6.07) is 54.6. The quantitative estimate of drug-likeness (QED) is 0.175. The summed E-state index contributed by atoms with van der Waals surface area (Å²) < 4.78 is 8.73. The highest BCUT2D eigenvalue weighted by atomic mass is 16.3. The normalized spacial score (nSPS) is 11.8. The number of aromatic nitrogens is 5. The number of furan rings is 1. The zero-order chi connectivity index (χ0) is 34.2. The van der Waals surface area contributed by atoms with Crippen LogP contribution in [-0.2, 0) is 0 Å². The minimum Gasteiger partial charge on any atom is -0.454 e. The predicted octanol–water partition coefficient (Wildman–Crippen LogP) is 11.6. The molecule has 0 unspecified atom stereocenters. The van der Waals surface area contributed by atoms with Crippen molar-refractivity contribution in [1.82, 2.24) is 24.5 Å². The first-order valence-corrected chi connectivity index (χ1v) is 17.3. The maximum absolute atomic E-state index is 6.42. The van der Waals surface area contributed by atoms with Gasteiger partial charge < -0.3 is 8.98 Å². The number of rotatable bonds is 4. The summed E-state index contributed by atoms with van der Waals surface area (Å²) in [5.41, 5.74) is 8.25. The first-order chi connectivity index (χ1) is 25.8. The minimum absolute atomic E-state index is 0.536. The topological polar surface area (TPSA) is 69.6 Å². The van der Waals surface area contributed by atoms with E-state index in [0.29, 0.717) is 23.1 Å². The van der Waals surface area contributed by atoms with E-state index in [9.17, 15) is 0 Å². The number of fused-ring (bicyclic) bond motifs is 9. The molecule has 0 bridgehead atoms. The van der Waals surface area contributed by atoms with E-state index in [4.69, 9.17) is 19.4 Å². The van der Waals surface area contributed by atoms with Gasteiger partial charge in [0.2, 0.25) is 0 Å². The number of pyridine rings is 1. The fourth-order valence-electron chi connectivity index (χ4n) is 7.74. The molecule has 0 saturated heterocycles. The summed E-state index contributed by atoms with van der Waals surface area (Å²) in [5.74, 6) is 1.71. The molecule has 4 heterocycles. The van der Waals surface area contributed by atoms with Crippen LogP contribution in [0.2, 0.25) is 0 Å². The molecule has 0 saturated carbocycles. The molecule has 0 radical (unpaired) electrons. The average Bonchev–Trinajstić information content (AvgIpc) is 3.77. The molecule has 11 aromatic rings. The Morgan fingerprint density at radius 1 is 0.442 bits per heavy atom. The molecule has 52 heavy (non-hydrogen) atoms. The van der Waals surface area contributed by atoms with Crippen LogP contribution in [0.15, 0.2) is 168 Å². The number of hydrogen-bond donors (Lipinski definition) is 0. The fraction of sp³-hybridized carbons (Fsp3) is 0. The lowest BCUT2D eigenvalue weighted by Gasteiger charge is -2.13. The Bertz CT molecular complexity index is 3140. The van der Waals surface area contributed by atoms with Gasteiger partial charge in [-0.2, -0.15) is 0 Å². The van der Waals surface area contributed by atoms with Crippen molar-refractivity contribution in [1.29, 1.82) is 0 Å². The van der Waals surface area contributed by atoms with Crippen LogP contribution in [0.25, 0.3) is 105 Å². The van der Waals surface area contributed by atoms with Gasteiger partial charge in [-0.05, 0) is 88.3 Å². The van der Waals surface area contributed by atoms with Gasteiger partial charge >= 0.3 is 0 Å². The van der Waals surface area contributed by atoms with E-state index in [0.717, 1.165) is 66.1 Å². The zero-order valence-corrected chi connectivity index (χ0v) is 27.7. The highest BCUT2D eigenvalue weighted by Crippen LogP contribution is 2.38. The number of benzene rings is 7. The van der Waals surface area contributed by atoms with Crippen molar-refractivity contribution in [2.75, 3.05) is 0 Å². The summed E-state index contributed by atoms with van der Waals surface area (Å²) >= 11 is 0. The molecule has 7 aromatic carbocycles. The largest absolute Gasteiger partial charge is 0.454 e. The Morgan fingerprint density at radius 3 is 1.83 bits per heavy atom. The molecule has 0 spiro atoms. The molecule has 0 aliphatic carbocycles. The summed E-state index contributed by atoms with van der Waals surface area (Å²) in [6.45, 7) is 0. The van der Waals surface area contributed by atoms with Crippen LogP contribution in [0.3, 0.4) is 0 Å². The van der Waals surface area contributed by atoms with Crippen molar-refractivity contribution >= 4 is 65.4 Å². The Labute approximate surface area is 297 Å². The molecule has 0 aliphatic heterocycles. The van der Waals surface area contributed by atoms with Gasteiger partial charge in [0.15, 0.2) is 23.1 Å². The van der Waals surface area contributed by atoms with Crippen LogP contribution in [0, 0.1) is 0 Å². The molecule has 0 N–H and O–H groups in total. The van der Waals surface area contributed by atoms with Crippen LogP contribution in [-0.4, -0.2) is 24.5 Å². The second-order valence-electron chi connectivity index (χ2n) is 13.0. The monoisotopic (exact) mass is 665 g/mol. The van der Waals surface area contributed by atoms with Gasteiger partial charge in [-0.25, -0.2) is 15.0 Å². The molecule has 242 valence electrons. The predicted molar refractivity (Wildman–Crippen MR) is 211 cm³/mol. The average molecular weight is 666 g/mol. The van der Waals surface area contributed by atoms with Gasteiger partial charge in [0, 0.05) is 39.2 Å². The third-order valence-corrected chi connectivity index (χ3v) is 10.1. The van der Waals surface area contributed by atoms with E-state index in [1.165, 1.54) is 16.2 Å². The van der Waals surface area contributed by atoms with Crippen LogP contribution in [0.5, 0.6) is 0 Å². The van der Waals surface area contributed by atoms with E-state index in [1.54, 1.807) is 6.20 Å².